The molecule has 1 rings (SSSR count). The van der Waals surface area contributed by atoms with E-state index in [1.54, 1.807) is 0 Å². The summed E-state index contributed by atoms with van der Waals surface area (Å²) in [7, 11) is 0. The third kappa shape index (κ3) is 4.61. The molecule has 2 N–H and O–H groups in total. The molecule has 2 atom stereocenters. The molecule has 1 heterocycles. The molecule has 0 aliphatic carbocycles. The first-order chi connectivity index (χ1) is 6.34. The zero-order valence-electron chi connectivity index (χ0n) is 8.50. The molecule has 1 saturated heterocycles. The van der Waals surface area contributed by atoms with Gasteiger partial charge in [-0.15, -0.1) is 0 Å². The van der Waals surface area contributed by atoms with Crippen LogP contribution in [0.15, 0.2) is 0 Å². The van der Waals surface area contributed by atoms with Crippen LogP contribution in [0.4, 0.5) is 0 Å². The fraction of sp³-hybridized carbons (Fsp3) is 1.00. The number of thioether (sulfide) groups is 2. The summed E-state index contributed by atoms with van der Waals surface area (Å²) in [6.07, 6.45) is 5.20. The highest BCUT2D eigenvalue weighted by molar-refractivity contribution is 8.06. The van der Waals surface area contributed by atoms with Crippen molar-refractivity contribution in [1.82, 2.24) is 0 Å². The van der Waals surface area contributed by atoms with Crippen LogP contribution in [0.1, 0.15) is 32.6 Å². The molecule has 78 valence electrons. The van der Waals surface area contributed by atoms with Gasteiger partial charge in [0.05, 0.1) is 0 Å². The molecule has 0 aromatic heterocycles. The Kier molecular flexibility index (Phi) is 6.33. The fourth-order valence-electron chi connectivity index (χ4n) is 1.57. The van der Waals surface area contributed by atoms with E-state index in [0.29, 0.717) is 6.04 Å². The van der Waals surface area contributed by atoms with Crippen LogP contribution in [-0.2, 0) is 0 Å². The average Bonchev–Trinajstić information content (AvgIpc) is 2.19. The van der Waals surface area contributed by atoms with E-state index in [2.05, 4.69) is 30.4 Å². The fourth-order valence-corrected chi connectivity index (χ4v) is 4.43. The summed E-state index contributed by atoms with van der Waals surface area (Å²) in [6.45, 7) is 2.25. The van der Waals surface area contributed by atoms with Gasteiger partial charge in [0, 0.05) is 28.6 Å². The molecule has 0 aromatic rings. The monoisotopic (exact) mass is 219 g/mol. The third-order valence-corrected chi connectivity index (χ3v) is 5.40. The van der Waals surface area contributed by atoms with Crippen LogP contribution in [0.3, 0.4) is 0 Å². The molecule has 0 bridgehead atoms. The average molecular weight is 219 g/mol. The van der Waals surface area contributed by atoms with Gasteiger partial charge in [0.2, 0.25) is 0 Å². The molecule has 2 unspecified atom stereocenters. The number of unbranched alkanes of at least 4 members (excludes halogenated alkanes) is 2. The van der Waals surface area contributed by atoms with Crippen molar-refractivity contribution in [3.63, 3.8) is 0 Å². The summed E-state index contributed by atoms with van der Waals surface area (Å²) in [5, 5.41) is 0.732. The van der Waals surface area contributed by atoms with Gasteiger partial charge in [-0.05, 0) is 6.42 Å². The standard InChI is InChI=1S/C10H21NS2/c1-2-3-4-5-9(11)10-8-12-6-7-13-10/h9-10H,2-8,11H2,1H3. The van der Waals surface area contributed by atoms with Crippen LogP contribution in [0.2, 0.25) is 0 Å². The maximum atomic E-state index is 6.16. The van der Waals surface area contributed by atoms with Gasteiger partial charge >= 0.3 is 0 Å². The lowest BCUT2D eigenvalue weighted by molar-refractivity contribution is 0.558. The van der Waals surface area contributed by atoms with E-state index in [1.807, 2.05) is 0 Å². The second-order valence-electron chi connectivity index (χ2n) is 3.64. The van der Waals surface area contributed by atoms with Gasteiger partial charge in [0.25, 0.3) is 0 Å². The predicted octanol–water partition coefficient (Wildman–Crippen LogP) is 2.74. The Labute approximate surface area is 90.6 Å². The molecule has 0 saturated carbocycles. The third-order valence-electron chi connectivity index (χ3n) is 2.46. The summed E-state index contributed by atoms with van der Waals surface area (Å²) in [5.74, 6) is 3.90. The molecule has 1 aliphatic heterocycles. The van der Waals surface area contributed by atoms with Crippen molar-refractivity contribution in [2.75, 3.05) is 17.3 Å². The van der Waals surface area contributed by atoms with Crippen molar-refractivity contribution in [3.05, 3.63) is 0 Å². The molecule has 0 radical (unpaired) electrons. The highest BCUT2D eigenvalue weighted by atomic mass is 32.2. The Morgan fingerprint density at radius 2 is 2.23 bits per heavy atom. The second kappa shape index (κ2) is 7.02. The van der Waals surface area contributed by atoms with Gasteiger partial charge in [0.1, 0.15) is 0 Å². The molecule has 1 fully saturated rings. The minimum Gasteiger partial charge on any atom is -0.327 e. The van der Waals surface area contributed by atoms with Crippen LogP contribution in [0.25, 0.3) is 0 Å². The van der Waals surface area contributed by atoms with Crippen molar-refractivity contribution in [2.45, 2.75) is 43.9 Å². The number of hydrogen-bond acceptors (Lipinski definition) is 3. The lowest BCUT2D eigenvalue weighted by Gasteiger charge is -2.26. The highest BCUT2D eigenvalue weighted by Crippen LogP contribution is 2.27. The van der Waals surface area contributed by atoms with Crippen LogP contribution in [-0.4, -0.2) is 28.6 Å². The minimum atomic E-state index is 0.448. The van der Waals surface area contributed by atoms with Crippen molar-refractivity contribution in [1.29, 1.82) is 0 Å². The Balaban J connectivity index is 2.09. The van der Waals surface area contributed by atoms with Gasteiger partial charge in [-0.2, -0.15) is 23.5 Å². The molecule has 13 heavy (non-hydrogen) atoms. The second-order valence-corrected chi connectivity index (χ2v) is 6.14. The molecule has 1 aliphatic rings. The van der Waals surface area contributed by atoms with E-state index in [-0.39, 0.29) is 0 Å². The first-order valence-corrected chi connectivity index (χ1v) is 7.50. The first-order valence-electron chi connectivity index (χ1n) is 5.29. The number of hydrogen-bond donors (Lipinski definition) is 1. The number of nitrogens with two attached hydrogens (primary N) is 1. The van der Waals surface area contributed by atoms with Gasteiger partial charge in [0.15, 0.2) is 0 Å². The van der Waals surface area contributed by atoms with E-state index in [0.717, 1.165) is 5.25 Å². The molecule has 0 spiro atoms. The molecule has 0 aromatic carbocycles. The quantitative estimate of drug-likeness (QED) is 0.720. The molecule has 1 nitrogen and oxygen atoms in total. The van der Waals surface area contributed by atoms with Crippen LogP contribution in [0, 0.1) is 0 Å². The van der Waals surface area contributed by atoms with Crippen LogP contribution < -0.4 is 5.73 Å². The van der Waals surface area contributed by atoms with E-state index >= 15 is 0 Å². The van der Waals surface area contributed by atoms with Crippen molar-refractivity contribution < 1.29 is 0 Å². The Morgan fingerprint density at radius 3 is 2.85 bits per heavy atom. The summed E-state index contributed by atoms with van der Waals surface area (Å²) in [4.78, 5) is 0. The Bertz CT molecular complexity index is 124. The smallest absolute Gasteiger partial charge is 0.0289 e. The Hall–Kier alpha value is 0.660. The van der Waals surface area contributed by atoms with Crippen molar-refractivity contribution in [2.24, 2.45) is 5.73 Å². The lowest BCUT2D eigenvalue weighted by atomic mass is 10.1. The maximum Gasteiger partial charge on any atom is 0.0289 e. The predicted molar refractivity (Wildman–Crippen MR) is 65.7 cm³/mol. The van der Waals surface area contributed by atoms with Crippen LogP contribution >= 0.6 is 23.5 Å². The topological polar surface area (TPSA) is 26.0 Å². The van der Waals surface area contributed by atoms with Crippen LogP contribution in [0.5, 0.6) is 0 Å². The molecule has 0 amide bonds. The summed E-state index contributed by atoms with van der Waals surface area (Å²) in [6, 6.07) is 0.448. The normalized spacial score (nSPS) is 25.8. The number of rotatable bonds is 5. The van der Waals surface area contributed by atoms with E-state index in [9.17, 15) is 0 Å². The van der Waals surface area contributed by atoms with Gasteiger partial charge < -0.3 is 5.73 Å². The molecule has 3 heteroatoms. The molecular formula is C10H21NS2. The molecular weight excluding hydrogens is 198 g/mol. The van der Waals surface area contributed by atoms with E-state index < -0.39 is 0 Å². The zero-order valence-corrected chi connectivity index (χ0v) is 10.1. The first kappa shape index (κ1) is 11.7. The SMILES string of the molecule is CCCCCC(N)C1CSCCS1. The summed E-state index contributed by atoms with van der Waals surface area (Å²) < 4.78 is 0. The van der Waals surface area contributed by atoms with Gasteiger partial charge in [-0.3, -0.25) is 0 Å². The zero-order chi connectivity index (χ0) is 9.52. The Morgan fingerprint density at radius 1 is 1.38 bits per heavy atom. The lowest BCUT2D eigenvalue weighted by Crippen LogP contribution is -2.36. The minimum absolute atomic E-state index is 0.448. The van der Waals surface area contributed by atoms with Crippen molar-refractivity contribution in [3.8, 4) is 0 Å². The van der Waals surface area contributed by atoms with E-state index in [4.69, 9.17) is 5.73 Å². The maximum absolute atomic E-state index is 6.16. The van der Waals surface area contributed by atoms with Gasteiger partial charge in [-0.25, -0.2) is 0 Å². The van der Waals surface area contributed by atoms with Crippen molar-refractivity contribution >= 4 is 23.5 Å². The summed E-state index contributed by atoms with van der Waals surface area (Å²) >= 11 is 4.15. The largest absolute Gasteiger partial charge is 0.327 e. The highest BCUT2D eigenvalue weighted by Gasteiger charge is 2.20. The van der Waals surface area contributed by atoms with Gasteiger partial charge in [-0.1, -0.05) is 26.2 Å². The summed E-state index contributed by atoms with van der Waals surface area (Å²) in [5.41, 5.74) is 6.16. The van der Waals surface area contributed by atoms with E-state index in [1.165, 1.54) is 42.9 Å².